The van der Waals surface area contributed by atoms with E-state index in [0.717, 1.165) is 24.3 Å². The van der Waals surface area contributed by atoms with Gasteiger partial charge in [0.25, 0.3) is 0 Å². The number of nitrogens with two attached hydrogens (primary N) is 2. The first-order valence-corrected chi connectivity index (χ1v) is 10.0. The average molecular weight is 519 g/mol. The van der Waals surface area contributed by atoms with Crippen LogP contribution in [-0.4, -0.2) is 45.5 Å². The highest BCUT2D eigenvalue weighted by Crippen LogP contribution is 2.17. The monoisotopic (exact) mass is 519 g/mol. The summed E-state index contributed by atoms with van der Waals surface area (Å²) in [7, 11) is -3.74. The zero-order valence-corrected chi connectivity index (χ0v) is 18.3. The molecule has 1 aliphatic heterocycles. The Morgan fingerprint density at radius 1 is 1.07 bits per heavy atom. The summed E-state index contributed by atoms with van der Waals surface area (Å²) in [6, 6.07) is 12.8. The predicted octanol–water partition coefficient (Wildman–Crippen LogP) is 1.73. The van der Waals surface area contributed by atoms with Crippen LogP contribution in [0.4, 0.5) is 10.1 Å². The fourth-order valence-corrected chi connectivity index (χ4v) is 3.52. The molecule has 0 radical (unpaired) electrons. The number of halogens is 2. The van der Waals surface area contributed by atoms with Gasteiger partial charge in [-0.1, -0.05) is 12.1 Å². The van der Waals surface area contributed by atoms with Crippen molar-refractivity contribution in [2.45, 2.75) is 11.4 Å². The van der Waals surface area contributed by atoms with Gasteiger partial charge in [-0.05, 0) is 42.0 Å². The lowest BCUT2D eigenvalue weighted by atomic mass is 10.2. The van der Waals surface area contributed by atoms with Crippen molar-refractivity contribution in [3.05, 3.63) is 59.9 Å². The smallest absolute Gasteiger partial charge is 0.238 e. The van der Waals surface area contributed by atoms with Crippen molar-refractivity contribution in [3.8, 4) is 0 Å². The summed E-state index contributed by atoms with van der Waals surface area (Å²) in [5.41, 5.74) is 7.78. The van der Waals surface area contributed by atoms with Crippen molar-refractivity contribution in [1.82, 2.24) is 4.90 Å². The summed E-state index contributed by atoms with van der Waals surface area (Å²) in [6.45, 7) is 3.17. The van der Waals surface area contributed by atoms with Crippen molar-refractivity contribution < 1.29 is 12.8 Å². The number of rotatable bonds is 4. The molecule has 10 heteroatoms. The third-order valence-corrected chi connectivity index (χ3v) is 5.36. The van der Waals surface area contributed by atoms with Gasteiger partial charge in [-0.2, -0.15) is 0 Å². The maximum atomic E-state index is 13.0. The summed E-state index contributed by atoms with van der Waals surface area (Å²) in [5.74, 6) is 0.162. The first-order valence-electron chi connectivity index (χ1n) is 8.50. The molecule has 0 bridgehead atoms. The molecule has 2 aromatic rings. The lowest BCUT2D eigenvalue weighted by Crippen LogP contribution is -2.51. The van der Waals surface area contributed by atoms with Crippen molar-refractivity contribution in [3.63, 3.8) is 0 Å². The lowest BCUT2D eigenvalue weighted by molar-refractivity contribution is 0.380. The molecule has 1 heterocycles. The molecule has 1 fully saturated rings. The molecule has 7 nitrogen and oxygen atoms in total. The summed E-state index contributed by atoms with van der Waals surface area (Å²) >= 11 is 0. The van der Waals surface area contributed by atoms with Crippen LogP contribution in [0.25, 0.3) is 0 Å². The van der Waals surface area contributed by atoms with E-state index >= 15 is 0 Å². The molecule has 0 atom stereocenters. The van der Waals surface area contributed by atoms with E-state index in [-0.39, 0.29) is 41.2 Å². The van der Waals surface area contributed by atoms with Gasteiger partial charge in [0, 0.05) is 31.9 Å². The third kappa shape index (κ3) is 5.79. The van der Waals surface area contributed by atoms with Gasteiger partial charge >= 0.3 is 0 Å². The third-order valence-electron chi connectivity index (χ3n) is 4.45. The number of nitrogens with zero attached hydrogens (tertiary/aromatic N) is 3. The molecule has 0 unspecified atom stereocenters. The first kappa shape index (κ1) is 22.4. The van der Waals surface area contributed by atoms with Gasteiger partial charge in [0.15, 0.2) is 5.96 Å². The average Bonchev–Trinajstić information content (AvgIpc) is 2.66. The van der Waals surface area contributed by atoms with E-state index in [4.69, 9.17) is 10.9 Å². The maximum absolute atomic E-state index is 13.0. The lowest BCUT2D eigenvalue weighted by Gasteiger charge is -2.36. The highest BCUT2D eigenvalue weighted by molar-refractivity contribution is 14.0. The molecule has 4 N–H and O–H groups in total. The normalized spacial score (nSPS) is 15.3. The van der Waals surface area contributed by atoms with E-state index in [2.05, 4.69) is 9.89 Å². The molecule has 0 spiro atoms. The molecule has 1 aliphatic rings. The molecule has 0 amide bonds. The number of piperazine rings is 1. The first-order chi connectivity index (χ1) is 12.8. The number of guanidine groups is 1. The minimum atomic E-state index is -3.74. The highest BCUT2D eigenvalue weighted by atomic mass is 127. The minimum absolute atomic E-state index is 0. The van der Waals surface area contributed by atoms with Crippen LogP contribution >= 0.6 is 24.0 Å². The number of primary sulfonamides is 1. The van der Waals surface area contributed by atoms with Crippen LogP contribution in [0.5, 0.6) is 0 Å². The molecule has 3 rings (SSSR count). The highest BCUT2D eigenvalue weighted by Gasteiger charge is 2.18. The van der Waals surface area contributed by atoms with E-state index in [1.165, 1.54) is 24.3 Å². The molecule has 1 saturated heterocycles. The number of sulfonamides is 1. The van der Waals surface area contributed by atoms with E-state index in [1.807, 2.05) is 4.90 Å². The number of anilines is 1. The van der Waals surface area contributed by atoms with Crippen LogP contribution in [0.15, 0.2) is 58.4 Å². The quantitative estimate of drug-likeness (QED) is 0.364. The van der Waals surface area contributed by atoms with Crippen molar-refractivity contribution in [2.75, 3.05) is 31.1 Å². The van der Waals surface area contributed by atoms with E-state index in [0.29, 0.717) is 19.0 Å². The van der Waals surface area contributed by atoms with E-state index in [1.54, 1.807) is 24.3 Å². The van der Waals surface area contributed by atoms with Crippen LogP contribution in [0, 0.1) is 5.82 Å². The Bertz CT molecular complexity index is 929. The van der Waals surface area contributed by atoms with Crippen molar-refractivity contribution in [2.24, 2.45) is 15.9 Å². The van der Waals surface area contributed by atoms with Gasteiger partial charge < -0.3 is 15.5 Å². The second-order valence-corrected chi connectivity index (χ2v) is 7.88. The Hall–Kier alpha value is -1.92. The van der Waals surface area contributed by atoms with Gasteiger partial charge in [0.2, 0.25) is 10.0 Å². The Morgan fingerprint density at radius 2 is 1.71 bits per heavy atom. The summed E-state index contributed by atoms with van der Waals surface area (Å²) < 4.78 is 35.9. The van der Waals surface area contributed by atoms with Crippen LogP contribution in [0.1, 0.15) is 5.56 Å². The van der Waals surface area contributed by atoms with Crippen molar-refractivity contribution in [1.29, 1.82) is 0 Å². The molecular weight excluding hydrogens is 496 g/mol. The van der Waals surface area contributed by atoms with Gasteiger partial charge in [0.05, 0.1) is 11.4 Å². The molecule has 0 aromatic heterocycles. The minimum Gasteiger partial charge on any atom is -0.370 e. The van der Waals surface area contributed by atoms with Gasteiger partial charge in [-0.25, -0.2) is 22.9 Å². The fourth-order valence-electron chi connectivity index (χ4n) is 2.94. The topological polar surface area (TPSA) is 105 Å². The molecule has 0 saturated carbocycles. The molecule has 0 aliphatic carbocycles. The van der Waals surface area contributed by atoms with Gasteiger partial charge in [-0.3, -0.25) is 0 Å². The predicted molar refractivity (Wildman–Crippen MR) is 119 cm³/mol. The van der Waals surface area contributed by atoms with Crippen LogP contribution < -0.4 is 15.8 Å². The van der Waals surface area contributed by atoms with Crippen LogP contribution in [-0.2, 0) is 16.6 Å². The Kier molecular flexibility index (Phi) is 7.61. The number of aliphatic imine (C=N–C) groups is 1. The van der Waals surface area contributed by atoms with E-state index in [9.17, 15) is 12.8 Å². The Balaban J connectivity index is 0.00000280. The molecule has 152 valence electrons. The van der Waals surface area contributed by atoms with Gasteiger partial charge in [-0.15, -0.1) is 24.0 Å². The fraction of sp³-hybridized carbons (Fsp3) is 0.278. The second kappa shape index (κ2) is 9.52. The second-order valence-electron chi connectivity index (χ2n) is 6.32. The van der Waals surface area contributed by atoms with Crippen LogP contribution in [0.3, 0.4) is 0 Å². The molecule has 2 aromatic carbocycles. The van der Waals surface area contributed by atoms with Crippen LogP contribution in [0.2, 0.25) is 0 Å². The largest absolute Gasteiger partial charge is 0.370 e. The summed E-state index contributed by atoms with van der Waals surface area (Å²) in [4.78, 5) is 8.57. The van der Waals surface area contributed by atoms with Crippen molar-refractivity contribution >= 4 is 45.6 Å². The maximum Gasteiger partial charge on any atom is 0.238 e. The zero-order chi connectivity index (χ0) is 19.4. The Labute approximate surface area is 181 Å². The molecule has 28 heavy (non-hydrogen) atoms. The zero-order valence-electron chi connectivity index (χ0n) is 15.2. The Morgan fingerprint density at radius 3 is 2.32 bits per heavy atom. The summed E-state index contributed by atoms with van der Waals surface area (Å²) in [5, 5.41) is 5.15. The number of hydrogen-bond donors (Lipinski definition) is 2. The standard InChI is InChI=1S/C18H22FN5O2S.HI/c19-15-4-6-16(7-5-15)23-8-10-24(11-9-23)18(20)22-13-14-2-1-3-17(12-14)27(21,25)26;/h1-7,12H,8-11,13H2,(H2,20,22)(H2,21,25,26);1H. The molecular formula is C18H23FIN5O2S. The number of benzene rings is 2. The summed E-state index contributed by atoms with van der Waals surface area (Å²) in [6.07, 6.45) is 0. The SMILES string of the molecule is I.NC(=NCc1cccc(S(N)(=O)=O)c1)N1CCN(c2ccc(F)cc2)CC1. The van der Waals surface area contributed by atoms with E-state index < -0.39 is 10.0 Å². The number of hydrogen-bond acceptors (Lipinski definition) is 4. The van der Waals surface area contributed by atoms with Gasteiger partial charge in [0.1, 0.15) is 5.82 Å².